The van der Waals surface area contributed by atoms with Gasteiger partial charge in [0, 0.05) is 40.4 Å². The van der Waals surface area contributed by atoms with Gasteiger partial charge in [-0.2, -0.15) is 0 Å². The molecule has 0 bridgehead atoms. The van der Waals surface area contributed by atoms with Crippen LogP contribution in [0.3, 0.4) is 0 Å². The third-order valence-corrected chi connectivity index (χ3v) is 4.11. The van der Waals surface area contributed by atoms with Crippen molar-refractivity contribution < 1.29 is 4.74 Å². The summed E-state index contributed by atoms with van der Waals surface area (Å²) in [7, 11) is 1.59. The number of rotatable bonds is 3. The molecular formula is C18H13ClN4O. The fraction of sp³-hybridized carbons (Fsp3) is 0.0556. The number of pyridine rings is 3. The molecule has 118 valence electrons. The maximum absolute atomic E-state index is 6.20. The van der Waals surface area contributed by atoms with Crippen molar-refractivity contribution in [1.29, 1.82) is 0 Å². The SMILES string of the molecule is COc1ccc(Nc2nc3cnccc3c3cnccc23)cc1Cl. The third-order valence-electron chi connectivity index (χ3n) is 3.81. The van der Waals surface area contributed by atoms with Crippen molar-refractivity contribution in [2.45, 2.75) is 0 Å². The number of anilines is 2. The molecule has 3 aromatic heterocycles. The molecule has 0 spiro atoms. The molecule has 0 atom stereocenters. The summed E-state index contributed by atoms with van der Waals surface area (Å²) in [5.74, 6) is 1.36. The van der Waals surface area contributed by atoms with Gasteiger partial charge in [-0.15, -0.1) is 0 Å². The molecule has 0 saturated carbocycles. The molecule has 6 heteroatoms. The second kappa shape index (κ2) is 5.94. The van der Waals surface area contributed by atoms with Gasteiger partial charge < -0.3 is 10.1 Å². The molecule has 1 N–H and O–H groups in total. The summed E-state index contributed by atoms with van der Waals surface area (Å²) in [4.78, 5) is 13.1. The molecule has 0 saturated heterocycles. The molecule has 24 heavy (non-hydrogen) atoms. The van der Waals surface area contributed by atoms with Crippen molar-refractivity contribution in [3.8, 4) is 5.75 Å². The van der Waals surface area contributed by atoms with E-state index in [0.717, 1.165) is 33.2 Å². The minimum absolute atomic E-state index is 0.538. The molecule has 5 nitrogen and oxygen atoms in total. The molecular weight excluding hydrogens is 324 g/mol. The predicted octanol–water partition coefficient (Wildman–Crippen LogP) is 4.58. The van der Waals surface area contributed by atoms with Crippen LogP contribution in [0.15, 0.2) is 55.1 Å². The number of nitrogens with zero attached hydrogens (tertiary/aromatic N) is 3. The van der Waals surface area contributed by atoms with Gasteiger partial charge in [0.2, 0.25) is 0 Å². The number of methoxy groups -OCH3 is 1. The first-order chi connectivity index (χ1) is 11.8. The van der Waals surface area contributed by atoms with E-state index in [4.69, 9.17) is 21.3 Å². The quantitative estimate of drug-likeness (QED) is 0.555. The summed E-state index contributed by atoms with van der Waals surface area (Å²) in [6.07, 6.45) is 7.09. The Labute approximate surface area is 143 Å². The molecule has 1 aromatic carbocycles. The summed E-state index contributed by atoms with van der Waals surface area (Å²) in [5, 5.41) is 6.88. The summed E-state index contributed by atoms with van der Waals surface area (Å²) >= 11 is 6.20. The highest BCUT2D eigenvalue weighted by atomic mass is 35.5. The van der Waals surface area contributed by atoms with E-state index in [9.17, 15) is 0 Å². The minimum Gasteiger partial charge on any atom is -0.495 e. The summed E-state index contributed by atoms with van der Waals surface area (Å²) in [5.41, 5.74) is 1.63. The first-order valence-corrected chi connectivity index (χ1v) is 7.72. The van der Waals surface area contributed by atoms with Gasteiger partial charge >= 0.3 is 0 Å². The van der Waals surface area contributed by atoms with Crippen molar-refractivity contribution in [3.63, 3.8) is 0 Å². The Morgan fingerprint density at radius 2 is 1.75 bits per heavy atom. The van der Waals surface area contributed by atoms with E-state index in [0.29, 0.717) is 10.8 Å². The normalized spacial score (nSPS) is 10.9. The van der Waals surface area contributed by atoms with E-state index in [1.807, 2.05) is 36.5 Å². The lowest BCUT2D eigenvalue weighted by atomic mass is 10.1. The highest BCUT2D eigenvalue weighted by Crippen LogP contribution is 2.32. The number of benzene rings is 1. The average Bonchev–Trinajstić information content (AvgIpc) is 2.62. The van der Waals surface area contributed by atoms with Crippen molar-refractivity contribution in [3.05, 3.63) is 60.1 Å². The predicted molar refractivity (Wildman–Crippen MR) is 96.1 cm³/mol. The van der Waals surface area contributed by atoms with Crippen LogP contribution in [0, 0.1) is 0 Å². The summed E-state index contributed by atoms with van der Waals surface area (Å²) in [6.45, 7) is 0. The van der Waals surface area contributed by atoms with Gasteiger partial charge in [0.05, 0.1) is 23.8 Å². The highest BCUT2D eigenvalue weighted by Gasteiger charge is 2.10. The number of ether oxygens (including phenoxy) is 1. The van der Waals surface area contributed by atoms with Gasteiger partial charge in [0.15, 0.2) is 0 Å². The molecule has 4 rings (SSSR count). The minimum atomic E-state index is 0.538. The van der Waals surface area contributed by atoms with Crippen LogP contribution in [-0.2, 0) is 0 Å². The number of hydrogen-bond acceptors (Lipinski definition) is 5. The number of halogens is 1. The van der Waals surface area contributed by atoms with Crippen LogP contribution in [0.4, 0.5) is 11.5 Å². The van der Waals surface area contributed by atoms with E-state index < -0.39 is 0 Å². The van der Waals surface area contributed by atoms with Gasteiger partial charge in [0.25, 0.3) is 0 Å². The average molecular weight is 337 g/mol. The zero-order valence-corrected chi connectivity index (χ0v) is 13.6. The van der Waals surface area contributed by atoms with E-state index in [2.05, 4.69) is 15.3 Å². The monoisotopic (exact) mass is 336 g/mol. The maximum Gasteiger partial charge on any atom is 0.139 e. The molecule has 0 aliphatic heterocycles. The maximum atomic E-state index is 6.20. The highest BCUT2D eigenvalue weighted by molar-refractivity contribution is 6.32. The van der Waals surface area contributed by atoms with Gasteiger partial charge in [-0.05, 0) is 30.3 Å². The van der Waals surface area contributed by atoms with Crippen LogP contribution in [0.5, 0.6) is 5.75 Å². The van der Waals surface area contributed by atoms with Crippen LogP contribution in [0.2, 0.25) is 5.02 Å². The lowest BCUT2D eigenvalue weighted by Crippen LogP contribution is -1.97. The largest absolute Gasteiger partial charge is 0.495 e. The zero-order chi connectivity index (χ0) is 16.5. The van der Waals surface area contributed by atoms with Crippen LogP contribution in [0.1, 0.15) is 0 Å². The summed E-state index contributed by atoms with van der Waals surface area (Å²) < 4.78 is 5.19. The van der Waals surface area contributed by atoms with Crippen molar-refractivity contribution in [2.75, 3.05) is 12.4 Å². The van der Waals surface area contributed by atoms with Gasteiger partial charge in [-0.25, -0.2) is 4.98 Å². The van der Waals surface area contributed by atoms with Crippen molar-refractivity contribution in [2.24, 2.45) is 0 Å². The fourth-order valence-corrected chi connectivity index (χ4v) is 2.93. The Hall–Kier alpha value is -2.92. The van der Waals surface area contributed by atoms with Crippen LogP contribution >= 0.6 is 11.6 Å². The van der Waals surface area contributed by atoms with E-state index in [1.165, 1.54) is 0 Å². The fourth-order valence-electron chi connectivity index (χ4n) is 2.68. The summed E-state index contributed by atoms with van der Waals surface area (Å²) in [6, 6.07) is 9.41. The van der Waals surface area contributed by atoms with Gasteiger partial charge in [-0.3, -0.25) is 9.97 Å². The molecule has 0 fully saturated rings. The van der Waals surface area contributed by atoms with E-state index in [1.54, 1.807) is 25.7 Å². The van der Waals surface area contributed by atoms with Gasteiger partial charge in [-0.1, -0.05) is 11.6 Å². The number of hydrogen-bond donors (Lipinski definition) is 1. The third kappa shape index (κ3) is 2.49. The molecule has 0 amide bonds. The number of nitrogens with one attached hydrogen (secondary N) is 1. The zero-order valence-electron chi connectivity index (χ0n) is 12.8. The Kier molecular flexibility index (Phi) is 3.63. The second-order valence-electron chi connectivity index (χ2n) is 5.25. The Morgan fingerprint density at radius 1 is 0.958 bits per heavy atom. The van der Waals surface area contributed by atoms with Crippen molar-refractivity contribution >= 4 is 44.8 Å². The molecule has 0 aliphatic rings. The molecule has 0 unspecified atom stereocenters. The van der Waals surface area contributed by atoms with E-state index >= 15 is 0 Å². The molecule has 0 aliphatic carbocycles. The van der Waals surface area contributed by atoms with Gasteiger partial charge in [0.1, 0.15) is 11.6 Å². The molecule has 0 radical (unpaired) electrons. The first-order valence-electron chi connectivity index (χ1n) is 7.34. The Morgan fingerprint density at radius 3 is 2.54 bits per heavy atom. The smallest absolute Gasteiger partial charge is 0.139 e. The standard InChI is InChI=1S/C18H13ClN4O/c1-24-17-3-2-11(8-15(17)19)22-18-13-5-7-20-9-14(13)12-4-6-21-10-16(12)23-18/h2-10H,1H3,(H,22,23). The lowest BCUT2D eigenvalue weighted by Gasteiger charge is -2.12. The first kappa shape index (κ1) is 14.7. The van der Waals surface area contributed by atoms with Crippen LogP contribution in [0.25, 0.3) is 21.7 Å². The van der Waals surface area contributed by atoms with Crippen molar-refractivity contribution in [1.82, 2.24) is 15.0 Å². The number of aromatic nitrogens is 3. The second-order valence-corrected chi connectivity index (χ2v) is 5.66. The lowest BCUT2D eigenvalue weighted by molar-refractivity contribution is 0.415. The Balaban J connectivity index is 1.87. The topological polar surface area (TPSA) is 59.9 Å². The van der Waals surface area contributed by atoms with Crippen LogP contribution in [-0.4, -0.2) is 22.1 Å². The number of fused-ring (bicyclic) bond motifs is 3. The molecule has 4 aromatic rings. The van der Waals surface area contributed by atoms with E-state index in [-0.39, 0.29) is 0 Å². The van der Waals surface area contributed by atoms with Crippen LogP contribution < -0.4 is 10.1 Å². The molecule has 3 heterocycles. The Bertz CT molecular complexity index is 1050.